The first-order chi connectivity index (χ1) is 13.3. The zero-order valence-corrected chi connectivity index (χ0v) is 19.4. The average Bonchev–Trinajstić information content (AvgIpc) is 2.68. The molecule has 0 aromatic rings. The highest BCUT2D eigenvalue weighted by atomic mass is 28.4. The molecule has 0 amide bonds. The van der Waals surface area contributed by atoms with Crippen LogP contribution in [0, 0.1) is 0 Å². The standard InChI is InChI=1S/C16H32O10Si2/c1-7-9-11-25-27(21-3,22-4)13(15(17)18)14(16(19)20)28(23-5,24-6)26-12-10-8-2/h7-12H2,1-6H3,(H,17,18)(H,19,20)/b14-13+. The summed E-state index contributed by atoms with van der Waals surface area (Å²) in [5.41, 5.74) is 0. The second-order valence-electron chi connectivity index (χ2n) is 5.69. The molecule has 12 heteroatoms. The second-order valence-corrected chi connectivity index (χ2v) is 11.1. The van der Waals surface area contributed by atoms with Crippen molar-refractivity contribution in [2.75, 3.05) is 41.7 Å². The molecule has 0 atom stereocenters. The summed E-state index contributed by atoms with van der Waals surface area (Å²) in [7, 11) is -3.34. The van der Waals surface area contributed by atoms with Crippen molar-refractivity contribution in [1.82, 2.24) is 0 Å². The summed E-state index contributed by atoms with van der Waals surface area (Å²) in [6.45, 7) is 4.13. The van der Waals surface area contributed by atoms with Gasteiger partial charge in [0.2, 0.25) is 0 Å². The minimum absolute atomic E-state index is 0.138. The van der Waals surface area contributed by atoms with Crippen LogP contribution in [0.15, 0.2) is 10.4 Å². The van der Waals surface area contributed by atoms with Gasteiger partial charge in [0.1, 0.15) is 10.4 Å². The molecule has 0 rings (SSSR count). The van der Waals surface area contributed by atoms with Crippen LogP contribution in [-0.4, -0.2) is 81.4 Å². The Labute approximate surface area is 168 Å². The molecular weight excluding hydrogens is 408 g/mol. The maximum atomic E-state index is 12.2. The van der Waals surface area contributed by atoms with Crippen LogP contribution in [0.1, 0.15) is 39.5 Å². The highest BCUT2D eigenvalue weighted by Crippen LogP contribution is 2.30. The Morgan fingerprint density at radius 2 is 0.964 bits per heavy atom. The monoisotopic (exact) mass is 440 g/mol. The maximum absolute atomic E-state index is 12.2. The molecule has 0 aliphatic carbocycles. The van der Waals surface area contributed by atoms with Crippen molar-refractivity contribution in [3.05, 3.63) is 10.4 Å². The summed E-state index contributed by atoms with van der Waals surface area (Å²) in [6.07, 6.45) is 2.79. The topological polar surface area (TPSA) is 130 Å². The van der Waals surface area contributed by atoms with Gasteiger partial charge in [0.25, 0.3) is 0 Å². The number of carbonyl (C=O) groups is 2. The van der Waals surface area contributed by atoms with Crippen molar-refractivity contribution in [3.63, 3.8) is 0 Å². The molecular formula is C16H32O10Si2. The van der Waals surface area contributed by atoms with Crippen molar-refractivity contribution in [2.24, 2.45) is 0 Å². The molecule has 0 aromatic heterocycles. The van der Waals surface area contributed by atoms with Gasteiger partial charge in [-0.15, -0.1) is 0 Å². The van der Waals surface area contributed by atoms with Gasteiger partial charge in [0.15, 0.2) is 0 Å². The van der Waals surface area contributed by atoms with Crippen LogP contribution in [-0.2, 0) is 36.1 Å². The van der Waals surface area contributed by atoms with E-state index in [0.29, 0.717) is 12.8 Å². The lowest BCUT2D eigenvalue weighted by Crippen LogP contribution is -2.56. The molecule has 0 heterocycles. The Morgan fingerprint density at radius 1 is 0.679 bits per heavy atom. The quantitative estimate of drug-likeness (QED) is 0.207. The molecule has 0 radical (unpaired) electrons. The summed E-state index contributed by atoms with van der Waals surface area (Å²) in [5, 5.41) is 18.5. The van der Waals surface area contributed by atoms with Gasteiger partial charge in [0.05, 0.1) is 0 Å². The van der Waals surface area contributed by atoms with E-state index in [2.05, 4.69) is 0 Å². The first kappa shape index (κ1) is 26.9. The van der Waals surface area contributed by atoms with Crippen LogP contribution < -0.4 is 0 Å². The Morgan fingerprint density at radius 3 is 1.14 bits per heavy atom. The Kier molecular flexibility index (Phi) is 12.6. The van der Waals surface area contributed by atoms with E-state index in [4.69, 9.17) is 26.6 Å². The van der Waals surface area contributed by atoms with Gasteiger partial charge in [-0.25, -0.2) is 9.59 Å². The zero-order chi connectivity index (χ0) is 21.8. The van der Waals surface area contributed by atoms with Crippen molar-refractivity contribution in [2.45, 2.75) is 39.5 Å². The molecule has 10 nitrogen and oxygen atoms in total. The van der Waals surface area contributed by atoms with Crippen molar-refractivity contribution in [1.29, 1.82) is 0 Å². The van der Waals surface area contributed by atoms with E-state index in [1.165, 1.54) is 28.4 Å². The Bertz CT molecular complexity index is 484. The van der Waals surface area contributed by atoms with E-state index < -0.39 is 39.9 Å². The van der Waals surface area contributed by atoms with Crippen molar-refractivity contribution >= 4 is 29.5 Å². The fourth-order valence-electron chi connectivity index (χ4n) is 2.44. The lowest BCUT2D eigenvalue weighted by atomic mass is 10.4. The molecule has 0 aliphatic rings. The lowest BCUT2D eigenvalue weighted by Gasteiger charge is -2.32. The van der Waals surface area contributed by atoms with Gasteiger partial charge in [-0.3, -0.25) is 0 Å². The van der Waals surface area contributed by atoms with Crippen LogP contribution in [0.2, 0.25) is 0 Å². The van der Waals surface area contributed by atoms with Crippen LogP contribution in [0.5, 0.6) is 0 Å². The van der Waals surface area contributed by atoms with Crippen LogP contribution >= 0.6 is 0 Å². The van der Waals surface area contributed by atoms with Crippen LogP contribution in [0.25, 0.3) is 0 Å². The van der Waals surface area contributed by atoms with E-state index in [9.17, 15) is 19.8 Å². The predicted molar refractivity (Wildman–Crippen MR) is 104 cm³/mol. The molecule has 2 N–H and O–H groups in total. The number of aliphatic carboxylic acids is 2. The summed E-state index contributed by atoms with van der Waals surface area (Å²) in [6, 6.07) is 0. The molecule has 0 fully saturated rings. The summed E-state index contributed by atoms with van der Waals surface area (Å²) in [5.74, 6) is -3.12. The van der Waals surface area contributed by atoms with Crippen molar-refractivity contribution < 1.29 is 46.4 Å². The summed E-state index contributed by atoms with van der Waals surface area (Å²) >= 11 is 0. The van der Waals surface area contributed by atoms with E-state index in [1.54, 1.807) is 0 Å². The highest BCUT2D eigenvalue weighted by molar-refractivity contribution is 6.82. The van der Waals surface area contributed by atoms with Gasteiger partial charge in [-0.1, -0.05) is 26.7 Å². The molecule has 164 valence electrons. The van der Waals surface area contributed by atoms with E-state index in [0.717, 1.165) is 12.8 Å². The summed E-state index contributed by atoms with van der Waals surface area (Å²) in [4.78, 5) is 24.4. The van der Waals surface area contributed by atoms with Crippen molar-refractivity contribution in [3.8, 4) is 0 Å². The molecule has 0 saturated carbocycles. The molecule has 0 unspecified atom stereocenters. The second kappa shape index (κ2) is 13.2. The first-order valence-corrected chi connectivity index (χ1v) is 12.4. The first-order valence-electron chi connectivity index (χ1n) is 8.95. The third kappa shape index (κ3) is 6.45. The maximum Gasteiger partial charge on any atom is 0.544 e. The minimum Gasteiger partial charge on any atom is -0.478 e. The van der Waals surface area contributed by atoms with E-state index in [-0.39, 0.29) is 13.2 Å². The molecule has 28 heavy (non-hydrogen) atoms. The molecule has 0 saturated heterocycles. The van der Waals surface area contributed by atoms with Gasteiger partial charge in [-0.2, -0.15) is 0 Å². The SMILES string of the molecule is CCCCO[Si](OC)(OC)/C(C(=O)O)=C(\C(=O)O)[Si](OC)(OC)OCCCC. The van der Waals surface area contributed by atoms with Gasteiger partial charge in [0, 0.05) is 41.7 Å². The smallest absolute Gasteiger partial charge is 0.478 e. The lowest BCUT2D eigenvalue weighted by molar-refractivity contribution is -0.136. The van der Waals surface area contributed by atoms with Crippen LogP contribution in [0.3, 0.4) is 0 Å². The third-order valence-corrected chi connectivity index (χ3v) is 9.67. The number of rotatable bonds is 16. The van der Waals surface area contributed by atoms with Crippen LogP contribution in [0.4, 0.5) is 0 Å². The normalized spacial score (nSPS) is 13.4. The fourth-order valence-corrected chi connectivity index (χ4v) is 7.44. The zero-order valence-electron chi connectivity index (χ0n) is 17.4. The summed E-state index contributed by atoms with van der Waals surface area (Å²) < 4.78 is 32.7. The number of carboxylic acid groups (broad SMARTS) is 2. The van der Waals surface area contributed by atoms with Gasteiger partial charge in [-0.05, 0) is 12.8 Å². The fraction of sp³-hybridized carbons (Fsp3) is 0.750. The highest BCUT2D eigenvalue weighted by Gasteiger charge is 2.59. The number of hydrogen-bond donors (Lipinski definition) is 2. The Hall–Kier alpha value is -1.13. The number of carboxylic acids is 2. The van der Waals surface area contributed by atoms with Gasteiger partial charge < -0.3 is 36.8 Å². The third-order valence-electron chi connectivity index (χ3n) is 3.94. The predicted octanol–water partition coefficient (Wildman–Crippen LogP) is 1.63. The number of hydrogen-bond acceptors (Lipinski definition) is 8. The molecule has 0 aromatic carbocycles. The largest absolute Gasteiger partial charge is 0.544 e. The molecule has 0 aliphatic heterocycles. The Balaban J connectivity index is 6.69. The minimum atomic E-state index is -4.09. The van der Waals surface area contributed by atoms with E-state index >= 15 is 0 Å². The van der Waals surface area contributed by atoms with E-state index in [1.807, 2.05) is 13.8 Å². The molecule has 0 bridgehead atoms. The number of unbranched alkanes of at least 4 members (excludes halogenated alkanes) is 2. The molecule has 0 spiro atoms. The average molecular weight is 441 g/mol. The van der Waals surface area contributed by atoms with Gasteiger partial charge >= 0.3 is 29.5 Å².